The fraction of sp³-hybridized carbons (Fsp3) is 0.533. The quantitative estimate of drug-likeness (QED) is 0.813. The maximum atomic E-state index is 12.2. The van der Waals surface area contributed by atoms with Crippen molar-refractivity contribution in [2.75, 3.05) is 6.54 Å². The van der Waals surface area contributed by atoms with Crippen LogP contribution in [0.15, 0.2) is 24.3 Å². The zero-order valence-corrected chi connectivity index (χ0v) is 11.6. The highest BCUT2D eigenvalue weighted by molar-refractivity contribution is 6.31. The molecule has 1 heterocycles. The predicted octanol–water partition coefficient (Wildman–Crippen LogP) is 3.67. The third-order valence-electron chi connectivity index (χ3n) is 3.73. The minimum atomic E-state index is 0.277. The Hall–Kier alpha value is -1.02. The van der Waals surface area contributed by atoms with Crippen LogP contribution in [0.1, 0.15) is 38.2 Å². The second-order valence-electron chi connectivity index (χ2n) is 4.88. The Balaban J connectivity index is 1.90. The largest absolute Gasteiger partial charge is 0.340 e. The van der Waals surface area contributed by atoms with E-state index in [1.54, 1.807) is 0 Å². The molecule has 1 atom stereocenters. The topological polar surface area (TPSA) is 20.3 Å². The standard InChI is InChI=1S/C15H20ClNO/c1-2-13-7-5-11-17(13)15(18)10-9-12-6-3-4-8-14(12)16/h3-4,6,8,13H,2,5,7,9-11H2,1H3. The molecule has 2 rings (SSSR count). The second-order valence-corrected chi connectivity index (χ2v) is 5.29. The number of hydrogen-bond donors (Lipinski definition) is 0. The van der Waals surface area contributed by atoms with E-state index < -0.39 is 0 Å². The molecule has 0 aliphatic carbocycles. The van der Waals surface area contributed by atoms with Crippen molar-refractivity contribution in [2.45, 2.75) is 45.1 Å². The van der Waals surface area contributed by atoms with Gasteiger partial charge in [0.25, 0.3) is 0 Å². The summed E-state index contributed by atoms with van der Waals surface area (Å²) in [6, 6.07) is 8.23. The van der Waals surface area contributed by atoms with Crippen molar-refractivity contribution in [1.29, 1.82) is 0 Å². The van der Waals surface area contributed by atoms with Crippen molar-refractivity contribution in [2.24, 2.45) is 0 Å². The fourth-order valence-corrected chi connectivity index (χ4v) is 2.91. The van der Waals surface area contributed by atoms with Crippen LogP contribution in [0, 0.1) is 0 Å². The molecule has 0 aromatic heterocycles. The summed E-state index contributed by atoms with van der Waals surface area (Å²) in [6.07, 6.45) is 4.69. The Labute approximate surface area is 114 Å². The Morgan fingerprint density at radius 3 is 2.94 bits per heavy atom. The van der Waals surface area contributed by atoms with Crippen molar-refractivity contribution in [3.63, 3.8) is 0 Å². The number of likely N-dealkylation sites (tertiary alicyclic amines) is 1. The number of carbonyl (C=O) groups is 1. The van der Waals surface area contributed by atoms with Crippen LogP contribution in [0.25, 0.3) is 0 Å². The number of benzene rings is 1. The van der Waals surface area contributed by atoms with E-state index in [4.69, 9.17) is 11.6 Å². The van der Waals surface area contributed by atoms with Crippen LogP contribution >= 0.6 is 11.6 Å². The van der Waals surface area contributed by atoms with E-state index in [0.29, 0.717) is 12.5 Å². The number of nitrogens with zero attached hydrogens (tertiary/aromatic N) is 1. The van der Waals surface area contributed by atoms with Crippen LogP contribution in [-0.2, 0) is 11.2 Å². The molecule has 0 bridgehead atoms. The van der Waals surface area contributed by atoms with Crippen molar-refractivity contribution in [1.82, 2.24) is 4.90 Å². The summed E-state index contributed by atoms with van der Waals surface area (Å²) in [5, 5.41) is 0.763. The van der Waals surface area contributed by atoms with Gasteiger partial charge in [-0.15, -0.1) is 0 Å². The van der Waals surface area contributed by atoms with Gasteiger partial charge >= 0.3 is 0 Å². The third-order valence-corrected chi connectivity index (χ3v) is 4.10. The Morgan fingerprint density at radius 2 is 2.22 bits per heavy atom. The molecule has 1 aromatic rings. The molecule has 2 nitrogen and oxygen atoms in total. The molecule has 1 amide bonds. The van der Waals surface area contributed by atoms with E-state index in [1.165, 1.54) is 0 Å². The van der Waals surface area contributed by atoms with Gasteiger partial charge in [0.05, 0.1) is 0 Å². The number of aryl methyl sites for hydroxylation is 1. The Bertz CT molecular complexity index is 419. The molecule has 0 radical (unpaired) electrons. The average Bonchev–Trinajstić information content (AvgIpc) is 2.86. The highest BCUT2D eigenvalue weighted by atomic mass is 35.5. The normalized spacial score (nSPS) is 19.2. The Morgan fingerprint density at radius 1 is 1.44 bits per heavy atom. The molecular weight excluding hydrogens is 246 g/mol. The number of hydrogen-bond acceptors (Lipinski definition) is 1. The number of halogens is 1. The molecule has 1 aliphatic rings. The van der Waals surface area contributed by atoms with E-state index in [9.17, 15) is 4.79 Å². The zero-order valence-electron chi connectivity index (χ0n) is 10.9. The van der Waals surface area contributed by atoms with Gasteiger partial charge < -0.3 is 4.90 Å². The number of amides is 1. The van der Waals surface area contributed by atoms with Crippen LogP contribution in [0.3, 0.4) is 0 Å². The van der Waals surface area contributed by atoms with Crippen LogP contribution in [-0.4, -0.2) is 23.4 Å². The van der Waals surface area contributed by atoms with Crippen molar-refractivity contribution < 1.29 is 4.79 Å². The first-order valence-corrected chi connectivity index (χ1v) is 7.13. The van der Waals surface area contributed by atoms with Gasteiger partial charge in [0.2, 0.25) is 5.91 Å². The van der Waals surface area contributed by atoms with Gasteiger partial charge in [-0.3, -0.25) is 4.79 Å². The average molecular weight is 266 g/mol. The molecule has 98 valence electrons. The minimum Gasteiger partial charge on any atom is -0.340 e. The highest BCUT2D eigenvalue weighted by Gasteiger charge is 2.26. The van der Waals surface area contributed by atoms with E-state index in [1.807, 2.05) is 24.3 Å². The van der Waals surface area contributed by atoms with Gasteiger partial charge in [-0.1, -0.05) is 36.7 Å². The molecule has 0 spiro atoms. The molecule has 3 heteroatoms. The molecule has 1 fully saturated rings. The molecule has 0 N–H and O–H groups in total. The maximum Gasteiger partial charge on any atom is 0.223 e. The fourth-order valence-electron chi connectivity index (χ4n) is 2.67. The summed E-state index contributed by atoms with van der Waals surface area (Å²) in [7, 11) is 0. The summed E-state index contributed by atoms with van der Waals surface area (Å²) in [4.78, 5) is 14.2. The first-order valence-electron chi connectivity index (χ1n) is 6.75. The predicted molar refractivity (Wildman–Crippen MR) is 74.8 cm³/mol. The molecular formula is C15H20ClNO. The lowest BCUT2D eigenvalue weighted by Gasteiger charge is -2.23. The second kappa shape index (κ2) is 6.24. The van der Waals surface area contributed by atoms with Gasteiger partial charge in [0.1, 0.15) is 0 Å². The van der Waals surface area contributed by atoms with Gasteiger partial charge in [-0.25, -0.2) is 0 Å². The van der Waals surface area contributed by atoms with Crippen LogP contribution < -0.4 is 0 Å². The third kappa shape index (κ3) is 3.05. The van der Waals surface area contributed by atoms with Gasteiger partial charge in [-0.05, 0) is 37.3 Å². The SMILES string of the molecule is CCC1CCCN1C(=O)CCc1ccccc1Cl. The van der Waals surface area contributed by atoms with Crippen molar-refractivity contribution in [3.05, 3.63) is 34.9 Å². The van der Waals surface area contributed by atoms with E-state index >= 15 is 0 Å². The zero-order chi connectivity index (χ0) is 13.0. The molecule has 1 aliphatic heterocycles. The van der Waals surface area contributed by atoms with Gasteiger partial charge in [0, 0.05) is 24.0 Å². The maximum absolute atomic E-state index is 12.2. The number of rotatable bonds is 4. The van der Waals surface area contributed by atoms with E-state index in [2.05, 4.69) is 11.8 Å². The number of carbonyl (C=O) groups excluding carboxylic acids is 1. The first-order chi connectivity index (χ1) is 8.72. The van der Waals surface area contributed by atoms with Crippen LogP contribution in [0.4, 0.5) is 0 Å². The molecule has 0 saturated carbocycles. The van der Waals surface area contributed by atoms with Crippen LogP contribution in [0.2, 0.25) is 5.02 Å². The smallest absolute Gasteiger partial charge is 0.223 e. The lowest BCUT2D eigenvalue weighted by atomic mass is 10.1. The summed E-state index contributed by atoms with van der Waals surface area (Å²) >= 11 is 6.10. The van der Waals surface area contributed by atoms with E-state index in [0.717, 1.165) is 42.8 Å². The minimum absolute atomic E-state index is 0.277. The highest BCUT2D eigenvalue weighted by Crippen LogP contribution is 2.22. The molecule has 18 heavy (non-hydrogen) atoms. The van der Waals surface area contributed by atoms with Crippen molar-refractivity contribution in [3.8, 4) is 0 Å². The van der Waals surface area contributed by atoms with Crippen molar-refractivity contribution >= 4 is 17.5 Å². The summed E-state index contributed by atoms with van der Waals surface area (Å²) in [6.45, 7) is 3.09. The lowest BCUT2D eigenvalue weighted by Crippen LogP contribution is -2.35. The molecule has 1 unspecified atom stereocenters. The monoisotopic (exact) mass is 265 g/mol. The first kappa shape index (κ1) is 13.4. The lowest BCUT2D eigenvalue weighted by molar-refractivity contribution is -0.132. The van der Waals surface area contributed by atoms with Crippen LogP contribution in [0.5, 0.6) is 0 Å². The molecule has 1 aromatic carbocycles. The summed E-state index contributed by atoms with van der Waals surface area (Å²) in [5.74, 6) is 0.277. The van der Waals surface area contributed by atoms with E-state index in [-0.39, 0.29) is 5.91 Å². The van der Waals surface area contributed by atoms with Gasteiger partial charge in [0.15, 0.2) is 0 Å². The van der Waals surface area contributed by atoms with Gasteiger partial charge in [-0.2, -0.15) is 0 Å². The molecule has 1 saturated heterocycles. The Kier molecular flexibility index (Phi) is 4.65. The summed E-state index contributed by atoms with van der Waals surface area (Å²) in [5.41, 5.74) is 1.07. The summed E-state index contributed by atoms with van der Waals surface area (Å²) < 4.78 is 0.